The highest BCUT2D eigenvalue weighted by Gasteiger charge is 2.32. The maximum absolute atomic E-state index is 13.1. The number of halogens is 4. The minimum Gasteiger partial charge on any atom is -0.482 e. The second-order valence-electron chi connectivity index (χ2n) is 7.29. The molecule has 1 heterocycles. The summed E-state index contributed by atoms with van der Waals surface area (Å²) in [5.41, 5.74) is 1.04. The van der Waals surface area contributed by atoms with Gasteiger partial charge in [0.2, 0.25) is 0 Å². The van der Waals surface area contributed by atoms with E-state index in [1.807, 2.05) is 11.8 Å². The highest BCUT2D eigenvalue weighted by Crippen LogP contribution is 2.34. The van der Waals surface area contributed by atoms with E-state index >= 15 is 0 Å². The summed E-state index contributed by atoms with van der Waals surface area (Å²) in [7, 11) is 0. The van der Waals surface area contributed by atoms with Crippen molar-refractivity contribution in [2.24, 2.45) is 0 Å². The van der Waals surface area contributed by atoms with E-state index in [1.54, 1.807) is 12.1 Å². The summed E-state index contributed by atoms with van der Waals surface area (Å²) in [5.74, 6) is -0.0364. The van der Waals surface area contributed by atoms with Crippen LogP contribution in [0, 0.1) is 5.82 Å². The summed E-state index contributed by atoms with van der Waals surface area (Å²) >= 11 is 18.0. The molecule has 1 saturated heterocycles. The van der Waals surface area contributed by atoms with Gasteiger partial charge in [-0.3, -0.25) is 9.69 Å². The minimum absolute atomic E-state index is 0.0204. The Kier molecular flexibility index (Phi) is 7.28. The number of ether oxygens (including phenoxy) is 1. The highest BCUT2D eigenvalue weighted by molar-refractivity contribution is 6.43. The molecular formula is C21H22Cl3FN2O2. The first-order valence-corrected chi connectivity index (χ1v) is 10.4. The van der Waals surface area contributed by atoms with E-state index in [-0.39, 0.29) is 30.4 Å². The Hall–Kier alpha value is -1.53. The zero-order valence-corrected chi connectivity index (χ0v) is 18.4. The van der Waals surface area contributed by atoms with Crippen molar-refractivity contribution in [2.45, 2.75) is 32.5 Å². The molecular weight excluding hydrogens is 438 g/mol. The Bertz CT molecular complexity index is 879. The van der Waals surface area contributed by atoms with E-state index in [4.69, 9.17) is 39.5 Å². The quantitative estimate of drug-likeness (QED) is 0.570. The lowest BCUT2D eigenvalue weighted by molar-refractivity contribution is -0.139. The fraction of sp³-hybridized carbons (Fsp3) is 0.381. The maximum atomic E-state index is 13.1. The molecule has 0 N–H and O–H groups in total. The van der Waals surface area contributed by atoms with Gasteiger partial charge in [-0.1, -0.05) is 46.9 Å². The predicted octanol–water partition coefficient (Wildman–Crippen LogP) is 5.29. The number of hydrogen-bond donors (Lipinski definition) is 0. The summed E-state index contributed by atoms with van der Waals surface area (Å²) in [5, 5.41) is 0.947. The molecule has 2 aromatic carbocycles. The Morgan fingerprint density at radius 2 is 1.69 bits per heavy atom. The lowest BCUT2D eigenvalue weighted by Gasteiger charge is -2.44. The second-order valence-corrected chi connectivity index (χ2v) is 8.51. The maximum Gasteiger partial charge on any atom is 0.260 e. The van der Waals surface area contributed by atoms with E-state index in [1.165, 1.54) is 24.3 Å². The van der Waals surface area contributed by atoms with Crippen LogP contribution in [0.5, 0.6) is 5.75 Å². The van der Waals surface area contributed by atoms with Crippen LogP contribution in [0.2, 0.25) is 15.1 Å². The fourth-order valence-corrected chi connectivity index (χ4v) is 4.02. The van der Waals surface area contributed by atoms with Crippen molar-refractivity contribution in [2.75, 3.05) is 19.7 Å². The van der Waals surface area contributed by atoms with Gasteiger partial charge in [-0.05, 0) is 37.6 Å². The topological polar surface area (TPSA) is 32.8 Å². The lowest BCUT2D eigenvalue weighted by atomic mass is 10.1. The van der Waals surface area contributed by atoms with Crippen molar-refractivity contribution in [3.63, 3.8) is 0 Å². The molecule has 1 aliphatic rings. The first kappa shape index (κ1) is 22.2. The SMILES string of the molecule is CC1CN(C(=O)COc2cc(Cl)c(Cl)cc2Cl)C(C)CN1Cc1ccc(F)cc1. The third-order valence-electron chi connectivity index (χ3n) is 5.06. The Balaban J connectivity index is 1.58. The van der Waals surface area contributed by atoms with Gasteiger partial charge < -0.3 is 9.64 Å². The Morgan fingerprint density at radius 1 is 1.03 bits per heavy atom. The average Bonchev–Trinajstić information content (AvgIpc) is 2.67. The van der Waals surface area contributed by atoms with E-state index in [0.717, 1.165) is 12.1 Å². The van der Waals surface area contributed by atoms with Crippen molar-refractivity contribution in [1.29, 1.82) is 0 Å². The molecule has 3 rings (SSSR count). The van der Waals surface area contributed by atoms with Gasteiger partial charge >= 0.3 is 0 Å². The molecule has 2 unspecified atom stereocenters. The van der Waals surface area contributed by atoms with Crippen LogP contribution < -0.4 is 4.74 Å². The van der Waals surface area contributed by atoms with Gasteiger partial charge in [-0.2, -0.15) is 0 Å². The predicted molar refractivity (Wildman–Crippen MR) is 114 cm³/mol. The number of piperazine rings is 1. The van der Waals surface area contributed by atoms with Crippen LogP contribution in [0.25, 0.3) is 0 Å². The van der Waals surface area contributed by atoms with Crippen LogP contribution in [0.4, 0.5) is 4.39 Å². The summed E-state index contributed by atoms with van der Waals surface area (Å²) in [6.45, 7) is 5.97. The molecule has 29 heavy (non-hydrogen) atoms. The smallest absolute Gasteiger partial charge is 0.260 e. The molecule has 2 atom stereocenters. The van der Waals surface area contributed by atoms with Crippen LogP contribution in [-0.2, 0) is 11.3 Å². The molecule has 1 aliphatic heterocycles. The van der Waals surface area contributed by atoms with Crippen LogP contribution >= 0.6 is 34.8 Å². The highest BCUT2D eigenvalue weighted by atomic mass is 35.5. The molecule has 0 aromatic heterocycles. The first-order valence-electron chi connectivity index (χ1n) is 9.30. The van der Waals surface area contributed by atoms with Gasteiger partial charge in [-0.15, -0.1) is 0 Å². The third kappa shape index (κ3) is 5.54. The fourth-order valence-electron chi connectivity index (χ4n) is 3.43. The van der Waals surface area contributed by atoms with E-state index in [9.17, 15) is 9.18 Å². The van der Waals surface area contributed by atoms with Crippen molar-refractivity contribution in [3.05, 3.63) is 62.8 Å². The number of hydrogen-bond acceptors (Lipinski definition) is 3. The molecule has 0 radical (unpaired) electrons. The van der Waals surface area contributed by atoms with Crippen LogP contribution in [0.15, 0.2) is 36.4 Å². The van der Waals surface area contributed by atoms with Gasteiger partial charge in [0.15, 0.2) is 6.61 Å². The monoisotopic (exact) mass is 458 g/mol. The standard InChI is InChI=1S/C21H22Cl3FN2O2/c1-13-10-27(14(2)9-26(13)11-15-3-5-16(25)6-4-15)21(28)12-29-20-8-18(23)17(22)7-19(20)24/h3-8,13-14H,9-12H2,1-2H3. The number of amides is 1. The normalized spacial score (nSPS) is 20.0. The molecule has 2 aromatic rings. The largest absolute Gasteiger partial charge is 0.482 e. The van der Waals surface area contributed by atoms with Gasteiger partial charge in [0.05, 0.1) is 15.1 Å². The van der Waals surface area contributed by atoms with Gasteiger partial charge in [0.1, 0.15) is 11.6 Å². The summed E-state index contributed by atoms with van der Waals surface area (Å²) < 4.78 is 18.7. The van der Waals surface area contributed by atoms with Crippen LogP contribution in [-0.4, -0.2) is 47.5 Å². The van der Waals surface area contributed by atoms with E-state index in [0.29, 0.717) is 33.9 Å². The Morgan fingerprint density at radius 3 is 2.38 bits per heavy atom. The summed E-state index contributed by atoms with van der Waals surface area (Å²) in [6.07, 6.45) is 0. The molecule has 0 bridgehead atoms. The molecule has 0 aliphatic carbocycles. The number of carbonyl (C=O) groups is 1. The van der Waals surface area contributed by atoms with E-state index < -0.39 is 0 Å². The molecule has 1 fully saturated rings. The number of rotatable bonds is 5. The second kappa shape index (κ2) is 9.52. The molecule has 0 spiro atoms. The van der Waals surface area contributed by atoms with Crippen molar-refractivity contribution in [3.8, 4) is 5.75 Å². The summed E-state index contributed by atoms with van der Waals surface area (Å²) in [6, 6.07) is 9.69. The molecule has 4 nitrogen and oxygen atoms in total. The lowest BCUT2D eigenvalue weighted by Crippen LogP contribution is -2.58. The first-order chi connectivity index (χ1) is 13.7. The zero-order valence-electron chi connectivity index (χ0n) is 16.2. The van der Waals surface area contributed by atoms with Gasteiger partial charge in [0, 0.05) is 37.8 Å². The number of carbonyl (C=O) groups excluding carboxylic acids is 1. The van der Waals surface area contributed by atoms with E-state index in [2.05, 4.69) is 11.8 Å². The third-order valence-corrected chi connectivity index (χ3v) is 6.08. The van der Waals surface area contributed by atoms with Gasteiger partial charge in [0.25, 0.3) is 5.91 Å². The van der Waals surface area contributed by atoms with Crippen molar-refractivity contribution >= 4 is 40.7 Å². The Labute approximate surface area is 185 Å². The van der Waals surface area contributed by atoms with Crippen molar-refractivity contribution < 1.29 is 13.9 Å². The minimum atomic E-state index is -0.243. The van der Waals surface area contributed by atoms with Crippen molar-refractivity contribution in [1.82, 2.24) is 9.80 Å². The zero-order chi connectivity index (χ0) is 21.1. The molecule has 1 amide bonds. The molecule has 0 saturated carbocycles. The molecule has 156 valence electrons. The molecule has 8 heteroatoms. The number of nitrogens with zero attached hydrogens (tertiary/aromatic N) is 2. The van der Waals surface area contributed by atoms with Crippen LogP contribution in [0.1, 0.15) is 19.4 Å². The summed E-state index contributed by atoms with van der Waals surface area (Å²) in [4.78, 5) is 16.8. The van der Waals surface area contributed by atoms with Crippen LogP contribution in [0.3, 0.4) is 0 Å². The number of benzene rings is 2. The average molecular weight is 460 g/mol. The van der Waals surface area contributed by atoms with Gasteiger partial charge in [-0.25, -0.2) is 4.39 Å².